The van der Waals surface area contributed by atoms with E-state index in [-0.39, 0.29) is 5.76 Å². The van der Waals surface area contributed by atoms with E-state index < -0.39 is 16.7 Å². The monoisotopic (exact) mass is 327 g/mol. The van der Waals surface area contributed by atoms with E-state index in [0.29, 0.717) is 5.13 Å². The molecule has 2 aromatic heterocycles. The topological polar surface area (TPSA) is 98.3 Å². The zero-order valence-corrected chi connectivity index (χ0v) is 12.4. The van der Waals surface area contributed by atoms with Gasteiger partial charge in [-0.05, 0) is 11.6 Å². The Morgan fingerprint density at radius 2 is 2.13 bits per heavy atom. The highest BCUT2D eigenvalue weighted by Crippen LogP contribution is 2.40. The second-order valence-corrected chi connectivity index (χ2v) is 6.06. The summed E-state index contributed by atoms with van der Waals surface area (Å²) < 4.78 is 4.88. The molecule has 0 bridgehead atoms. The minimum Gasteiger partial charge on any atom is -0.395 e. The highest BCUT2D eigenvalue weighted by atomic mass is 32.1. The van der Waals surface area contributed by atoms with Crippen molar-refractivity contribution in [3.8, 4) is 11.3 Å². The van der Waals surface area contributed by atoms with Crippen molar-refractivity contribution in [1.82, 2.24) is 4.98 Å². The van der Waals surface area contributed by atoms with Gasteiger partial charge in [-0.1, -0.05) is 24.3 Å². The Bertz CT molecular complexity index is 944. The summed E-state index contributed by atoms with van der Waals surface area (Å²) >= 11 is 1.40. The zero-order valence-electron chi connectivity index (χ0n) is 11.6. The van der Waals surface area contributed by atoms with E-state index in [0.717, 1.165) is 28.6 Å². The van der Waals surface area contributed by atoms with Gasteiger partial charge in [0.05, 0.1) is 11.8 Å². The van der Waals surface area contributed by atoms with Crippen LogP contribution in [-0.4, -0.2) is 15.8 Å². The highest BCUT2D eigenvalue weighted by molar-refractivity contribution is 7.16. The van der Waals surface area contributed by atoms with Crippen molar-refractivity contribution in [2.45, 2.75) is 6.42 Å². The lowest BCUT2D eigenvalue weighted by molar-refractivity contribution is -0.402. The van der Waals surface area contributed by atoms with Crippen LogP contribution >= 0.6 is 11.3 Å². The summed E-state index contributed by atoms with van der Waals surface area (Å²) in [6, 6.07) is 10.4. The first kappa shape index (κ1) is 13.6. The minimum absolute atomic E-state index is 0.118. The van der Waals surface area contributed by atoms with Crippen molar-refractivity contribution in [3.05, 3.63) is 62.7 Å². The summed E-state index contributed by atoms with van der Waals surface area (Å²) in [6.07, 6.45) is 0.797. The van der Waals surface area contributed by atoms with E-state index in [1.807, 2.05) is 18.2 Å². The fraction of sp³-hybridized carbons (Fsp3) is 0.0667. The molecule has 0 aliphatic heterocycles. The van der Waals surface area contributed by atoms with Gasteiger partial charge in [0.2, 0.25) is 0 Å². The lowest BCUT2D eigenvalue weighted by Gasteiger charge is -1.99. The van der Waals surface area contributed by atoms with Crippen LogP contribution < -0.4 is 5.32 Å². The fourth-order valence-electron chi connectivity index (χ4n) is 2.52. The van der Waals surface area contributed by atoms with Crippen molar-refractivity contribution in [3.63, 3.8) is 0 Å². The Hall–Kier alpha value is -3.00. The normalized spacial score (nSPS) is 11.8. The molecule has 4 rings (SSSR count). The standard InChI is InChI=1S/C15H9N3O4S/c19-14(10-5-6-12(22-10)18(20)21)17-15-16-13-9-4-2-1-3-8(9)7-11(13)23-15/h1-6H,7H2,(H,16,17,19). The van der Waals surface area contributed by atoms with Crippen LogP contribution in [0.2, 0.25) is 0 Å². The number of carbonyl (C=O) groups is 1. The zero-order chi connectivity index (χ0) is 16.0. The smallest absolute Gasteiger partial charge is 0.395 e. The molecule has 1 aliphatic rings. The molecule has 0 fully saturated rings. The van der Waals surface area contributed by atoms with Gasteiger partial charge in [-0.3, -0.25) is 20.2 Å². The van der Waals surface area contributed by atoms with E-state index in [4.69, 9.17) is 4.42 Å². The van der Waals surface area contributed by atoms with Crippen LogP contribution in [0.4, 0.5) is 11.0 Å². The van der Waals surface area contributed by atoms with Crippen LogP contribution in [0, 0.1) is 10.1 Å². The molecular formula is C15H9N3O4S. The predicted molar refractivity (Wildman–Crippen MR) is 83.7 cm³/mol. The van der Waals surface area contributed by atoms with Gasteiger partial charge in [-0.2, -0.15) is 0 Å². The lowest BCUT2D eigenvalue weighted by Crippen LogP contribution is -2.10. The molecule has 1 amide bonds. The molecule has 1 N–H and O–H groups in total. The van der Waals surface area contributed by atoms with E-state index in [1.165, 1.54) is 23.0 Å². The molecule has 8 heteroatoms. The summed E-state index contributed by atoms with van der Waals surface area (Å²) in [5, 5.41) is 13.7. The number of nitrogens with zero attached hydrogens (tertiary/aromatic N) is 2. The first-order valence-corrected chi connectivity index (χ1v) is 7.57. The second kappa shape index (κ2) is 5.03. The van der Waals surface area contributed by atoms with Gasteiger partial charge in [-0.15, -0.1) is 11.3 Å². The van der Waals surface area contributed by atoms with Crippen molar-refractivity contribution in [1.29, 1.82) is 0 Å². The summed E-state index contributed by atoms with van der Waals surface area (Å²) in [5.74, 6) is -1.14. The molecule has 3 aromatic rings. The molecule has 0 saturated carbocycles. The van der Waals surface area contributed by atoms with Gasteiger partial charge in [0.1, 0.15) is 4.92 Å². The minimum atomic E-state index is -0.689. The summed E-state index contributed by atoms with van der Waals surface area (Å²) in [5.41, 5.74) is 3.18. The maximum Gasteiger partial charge on any atom is 0.433 e. The summed E-state index contributed by atoms with van der Waals surface area (Å²) in [4.78, 5) is 27.5. The third kappa shape index (κ3) is 2.29. The third-order valence-corrected chi connectivity index (χ3v) is 4.51. The Balaban J connectivity index is 1.57. The number of amides is 1. The number of anilines is 1. The average molecular weight is 327 g/mol. The number of furan rings is 1. The van der Waals surface area contributed by atoms with E-state index in [9.17, 15) is 14.9 Å². The van der Waals surface area contributed by atoms with Crippen LogP contribution in [0.25, 0.3) is 11.3 Å². The molecular weight excluding hydrogens is 318 g/mol. The second-order valence-electron chi connectivity index (χ2n) is 4.97. The molecule has 0 radical (unpaired) electrons. The molecule has 0 atom stereocenters. The van der Waals surface area contributed by atoms with E-state index in [1.54, 1.807) is 0 Å². The first-order chi connectivity index (χ1) is 11.1. The molecule has 0 spiro atoms. The molecule has 1 aliphatic carbocycles. The molecule has 0 saturated heterocycles. The Labute approximate surface area is 133 Å². The quantitative estimate of drug-likeness (QED) is 0.459. The number of rotatable bonds is 3. The van der Waals surface area contributed by atoms with Gasteiger partial charge in [0.25, 0.3) is 5.91 Å². The van der Waals surface area contributed by atoms with Gasteiger partial charge in [-0.25, -0.2) is 4.98 Å². The van der Waals surface area contributed by atoms with Gasteiger partial charge >= 0.3 is 5.88 Å². The number of fused-ring (bicyclic) bond motifs is 3. The third-order valence-electron chi connectivity index (χ3n) is 3.54. The molecule has 1 aromatic carbocycles. The van der Waals surface area contributed by atoms with Crippen molar-refractivity contribution in [2.75, 3.05) is 5.32 Å². The van der Waals surface area contributed by atoms with Crippen LogP contribution in [0.3, 0.4) is 0 Å². The number of benzene rings is 1. The van der Waals surface area contributed by atoms with Crippen LogP contribution in [-0.2, 0) is 6.42 Å². The number of nitro groups is 1. The average Bonchev–Trinajstić information content (AvgIpc) is 3.20. The van der Waals surface area contributed by atoms with Crippen molar-refractivity contribution in [2.24, 2.45) is 0 Å². The maximum atomic E-state index is 12.1. The van der Waals surface area contributed by atoms with E-state index >= 15 is 0 Å². The van der Waals surface area contributed by atoms with Gasteiger partial charge < -0.3 is 4.42 Å². The molecule has 0 unspecified atom stereocenters. The number of carbonyl (C=O) groups excluding carboxylic acids is 1. The van der Waals surface area contributed by atoms with Gasteiger partial charge in [0.15, 0.2) is 10.9 Å². The molecule has 7 nitrogen and oxygen atoms in total. The molecule has 2 heterocycles. The number of hydrogen-bond donors (Lipinski definition) is 1. The Morgan fingerprint density at radius 1 is 1.30 bits per heavy atom. The predicted octanol–water partition coefficient (Wildman–Crippen LogP) is 3.47. The maximum absolute atomic E-state index is 12.1. The lowest BCUT2D eigenvalue weighted by atomic mass is 10.1. The van der Waals surface area contributed by atoms with Crippen molar-refractivity contribution >= 4 is 28.3 Å². The van der Waals surface area contributed by atoms with Crippen LogP contribution in [0.1, 0.15) is 21.0 Å². The number of nitrogens with one attached hydrogen (secondary N) is 1. The largest absolute Gasteiger partial charge is 0.433 e. The van der Waals surface area contributed by atoms with Crippen molar-refractivity contribution < 1.29 is 14.1 Å². The van der Waals surface area contributed by atoms with Gasteiger partial charge in [0, 0.05) is 16.9 Å². The van der Waals surface area contributed by atoms with Crippen LogP contribution in [0.15, 0.2) is 40.8 Å². The Kier molecular flexibility index (Phi) is 2.98. The first-order valence-electron chi connectivity index (χ1n) is 6.75. The molecule has 23 heavy (non-hydrogen) atoms. The summed E-state index contributed by atoms with van der Waals surface area (Å²) in [6.45, 7) is 0. The number of thiazole rings is 1. The molecule has 114 valence electrons. The van der Waals surface area contributed by atoms with E-state index in [2.05, 4.69) is 16.4 Å². The highest BCUT2D eigenvalue weighted by Gasteiger charge is 2.24. The van der Waals surface area contributed by atoms with Crippen LogP contribution in [0.5, 0.6) is 0 Å². The summed E-state index contributed by atoms with van der Waals surface area (Å²) in [7, 11) is 0. The SMILES string of the molecule is O=C(Nc1nc2c(s1)Cc1ccccc1-2)c1ccc([N+](=O)[O-])o1. The number of hydrogen-bond acceptors (Lipinski definition) is 6. The fourth-order valence-corrected chi connectivity index (χ4v) is 3.51. The Morgan fingerprint density at radius 3 is 2.91 bits per heavy atom. The number of aromatic nitrogens is 1.